The molecular formula is C23H28N2O3. The van der Waals surface area contributed by atoms with E-state index < -0.39 is 0 Å². The van der Waals surface area contributed by atoms with Crippen molar-refractivity contribution in [2.75, 3.05) is 33.2 Å². The van der Waals surface area contributed by atoms with E-state index in [1.165, 1.54) is 0 Å². The van der Waals surface area contributed by atoms with E-state index in [2.05, 4.69) is 4.90 Å². The lowest BCUT2D eigenvalue weighted by Gasteiger charge is -2.32. The summed E-state index contributed by atoms with van der Waals surface area (Å²) in [5.74, 6) is 1.67. The number of hydrogen-bond donors (Lipinski definition) is 0. The molecule has 1 aliphatic heterocycles. The van der Waals surface area contributed by atoms with Crippen LogP contribution in [0.25, 0.3) is 0 Å². The molecule has 28 heavy (non-hydrogen) atoms. The van der Waals surface area contributed by atoms with Gasteiger partial charge in [-0.05, 0) is 62.7 Å². The van der Waals surface area contributed by atoms with Gasteiger partial charge in [-0.3, -0.25) is 14.5 Å². The molecule has 5 heteroatoms. The second kappa shape index (κ2) is 9.51. The number of rotatable bonds is 7. The zero-order valence-corrected chi connectivity index (χ0v) is 16.6. The van der Waals surface area contributed by atoms with Crippen LogP contribution < -0.4 is 4.74 Å². The third-order valence-electron chi connectivity index (χ3n) is 5.25. The number of amides is 1. The maximum atomic E-state index is 12.9. The molecule has 1 heterocycles. The maximum Gasteiger partial charge on any atom is 0.236 e. The van der Waals surface area contributed by atoms with Gasteiger partial charge in [-0.2, -0.15) is 0 Å². The number of carbonyl (C=O) groups is 2. The summed E-state index contributed by atoms with van der Waals surface area (Å²) in [4.78, 5) is 28.9. The molecule has 2 aromatic carbocycles. The molecule has 0 aliphatic carbocycles. The van der Waals surface area contributed by atoms with Crippen molar-refractivity contribution in [2.45, 2.75) is 19.8 Å². The van der Waals surface area contributed by atoms with Crippen molar-refractivity contribution >= 4 is 11.7 Å². The highest BCUT2D eigenvalue weighted by atomic mass is 16.5. The lowest BCUT2D eigenvalue weighted by atomic mass is 9.90. The van der Waals surface area contributed by atoms with Crippen LogP contribution in [0.5, 0.6) is 11.5 Å². The molecule has 1 saturated heterocycles. The quantitative estimate of drug-likeness (QED) is 0.685. The van der Waals surface area contributed by atoms with E-state index in [1.54, 1.807) is 4.90 Å². The number of carbonyl (C=O) groups excluding carboxylic acids is 2. The van der Waals surface area contributed by atoms with Crippen LogP contribution in [0, 0.1) is 5.92 Å². The zero-order valence-electron chi connectivity index (χ0n) is 16.6. The maximum absolute atomic E-state index is 12.9. The third kappa shape index (κ3) is 5.20. The Morgan fingerprint density at radius 1 is 1.07 bits per heavy atom. The molecule has 0 radical (unpaired) electrons. The first-order valence-electron chi connectivity index (χ1n) is 9.90. The van der Waals surface area contributed by atoms with Crippen LogP contribution in [0.4, 0.5) is 0 Å². The number of likely N-dealkylation sites (N-methyl/N-ethyl adjacent to an activating group) is 1. The summed E-state index contributed by atoms with van der Waals surface area (Å²) >= 11 is 0. The predicted octanol–water partition coefficient (Wildman–Crippen LogP) is 3.85. The average Bonchev–Trinajstić information content (AvgIpc) is 2.74. The molecule has 1 fully saturated rings. The fourth-order valence-corrected chi connectivity index (χ4v) is 3.45. The van der Waals surface area contributed by atoms with Crippen molar-refractivity contribution in [3.8, 4) is 11.5 Å². The molecular weight excluding hydrogens is 352 g/mol. The summed E-state index contributed by atoms with van der Waals surface area (Å²) in [7, 11) is 1.81. The van der Waals surface area contributed by atoms with Crippen molar-refractivity contribution in [1.82, 2.24) is 9.80 Å². The smallest absolute Gasteiger partial charge is 0.236 e. The van der Waals surface area contributed by atoms with E-state index in [0.29, 0.717) is 30.9 Å². The molecule has 1 atom stereocenters. The van der Waals surface area contributed by atoms with Gasteiger partial charge in [-0.25, -0.2) is 0 Å². The van der Waals surface area contributed by atoms with Crippen LogP contribution in [-0.4, -0.2) is 54.7 Å². The molecule has 3 rings (SSSR count). The molecule has 0 saturated carbocycles. The van der Waals surface area contributed by atoms with Gasteiger partial charge in [0.1, 0.15) is 11.5 Å². The molecule has 0 unspecified atom stereocenters. The van der Waals surface area contributed by atoms with Crippen LogP contribution in [0.1, 0.15) is 30.1 Å². The van der Waals surface area contributed by atoms with Crippen LogP contribution in [0.15, 0.2) is 54.6 Å². The van der Waals surface area contributed by atoms with Gasteiger partial charge in [-0.1, -0.05) is 18.2 Å². The van der Waals surface area contributed by atoms with Gasteiger partial charge in [0.05, 0.1) is 6.54 Å². The van der Waals surface area contributed by atoms with Gasteiger partial charge in [0, 0.05) is 31.6 Å². The van der Waals surface area contributed by atoms with Crippen LogP contribution in [0.2, 0.25) is 0 Å². The first kappa shape index (κ1) is 20.1. The lowest BCUT2D eigenvalue weighted by Crippen LogP contribution is -2.44. The highest BCUT2D eigenvalue weighted by Crippen LogP contribution is 2.24. The second-order valence-electron chi connectivity index (χ2n) is 7.29. The van der Waals surface area contributed by atoms with Gasteiger partial charge >= 0.3 is 0 Å². The molecule has 0 bridgehead atoms. The van der Waals surface area contributed by atoms with Crippen molar-refractivity contribution < 1.29 is 14.3 Å². The molecule has 2 aromatic rings. The SMILES string of the molecule is CCN(C)C(=O)CN1CCC[C@H](C(=O)c2ccc(Oc3ccccc3)cc2)C1. The van der Waals surface area contributed by atoms with Gasteiger partial charge in [0.25, 0.3) is 0 Å². The molecule has 1 aliphatic rings. The van der Waals surface area contributed by atoms with Crippen LogP contribution >= 0.6 is 0 Å². The Morgan fingerprint density at radius 3 is 2.43 bits per heavy atom. The Hall–Kier alpha value is -2.66. The van der Waals surface area contributed by atoms with E-state index in [0.717, 1.165) is 25.1 Å². The van der Waals surface area contributed by atoms with E-state index in [9.17, 15) is 9.59 Å². The van der Waals surface area contributed by atoms with E-state index in [4.69, 9.17) is 4.74 Å². The minimum absolute atomic E-state index is 0.0608. The standard InChI is InChI=1S/C23H28N2O3/c1-3-24(2)22(26)17-25-15-7-8-19(16-25)23(27)18-11-13-21(14-12-18)28-20-9-5-4-6-10-20/h4-6,9-14,19H,3,7-8,15-17H2,1-2H3/t19-/m0/s1. The van der Waals surface area contributed by atoms with Crippen LogP contribution in [0.3, 0.4) is 0 Å². The summed E-state index contributed by atoms with van der Waals surface area (Å²) in [5.41, 5.74) is 0.698. The topological polar surface area (TPSA) is 49.9 Å². The van der Waals surface area contributed by atoms with E-state index >= 15 is 0 Å². The zero-order chi connectivity index (χ0) is 19.9. The molecule has 0 aromatic heterocycles. The monoisotopic (exact) mass is 380 g/mol. The van der Waals surface area contributed by atoms with Crippen molar-refractivity contribution in [2.24, 2.45) is 5.92 Å². The van der Waals surface area contributed by atoms with Crippen molar-refractivity contribution in [3.63, 3.8) is 0 Å². The summed E-state index contributed by atoms with van der Waals surface area (Å²) in [6.45, 7) is 4.57. The summed E-state index contributed by atoms with van der Waals surface area (Å²) < 4.78 is 5.79. The largest absolute Gasteiger partial charge is 0.457 e. The Bertz CT molecular complexity index is 789. The normalized spacial score (nSPS) is 17.1. The van der Waals surface area contributed by atoms with E-state index in [-0.39, 0.29) is 17.6 Å². The Labute approximate surface area is 166 Å². The number of piperidine rings is 1. The number of likely N-dealkylation sites (tertiary alicyclic amines) is 1. The highest BCUT2D eigenvalue weighted by Gasteiger charge is 2.28. The average molecular weight is 380 g/mol. The molecule has 1 amide bonds. The number of benzene rings is 2. The fraction of sp³-hybridized carbons (Fsp3) is 0.391. The summed E-state index contributed by atoms with van der Waals surface area (Å²) in [6, 6.07) is 16.9. The highest BCUT2D eigenvalue weighted by molar-refractivity contribution is 5.98. The number of nitrogens with zero attached hydrogens (tertiary/aromatic N) is 2. The second-order valence-corrected chi connectivity index (χ2v) is 7.29. The Balaban J connectivity index is 1.59. The number of ketones is 1. The number of ether oxygens (including phenoxy) is 1. The van der Waals surface area contributed by atoms with Crippen LogP contribution in [-0.2, 0) is 4.79 Å². The molecule has 0 spiro atoms. The predicted molar refractivity (Wildman–Crippen MR) is 110 cm³/mol. The lowest BCUT2D eigenvalue weighted by molar-refractivity contribution is -0.131. The first-order chi connectivity index (χ1) is 13.6. The third-order valence-corrected chi connectivity index (χ3v) is 5.25. The number of hydrogen-bond acceptors (Lipinski definition) is 4. The Morgan fingerprint density at radius 2 is 1.75 bits per heavy atom. The van der Waals surface area contributed by atoms with Crippen molar-refractivity contribution in [1.29, 1.82) is 0 Å². The number of para-hydroxylation sites is 1. The molecule has 0 N–H and O–H groups in total. The molecule has 5 nitrogen and oxygen atoms in total. The number of Topliss-reactive ketones (excluding diaryl/α,β-unsaturated/α-hetero) is 1. The van der Waals surface area contributed by atoms with Gasteiger partial charge < -0.3 is 9.64 Å². The first-order valence-corrected chi connectivity index (χ1v) is 9.90. The van der Waals surface area contributed by atoms with Gasteiger partial charge in [0.15, 0.2) is 5.78 Å². The minimum atomic E-state index is -0.0608. The summed E-state index contributed by atoms with van der Waals surface area (Å²) in [5, 5.41) is 0. The van der Waals surface area contributed by atoms with E-state index in [1.807, 2.05) is 68.6 Å². The minimum Gasteiger partial charge on any atom is -0.457 e. The van der Waals surface area contributed by atoms with Crippen molar-refractivity contribution in [3.05, 3.63) is 60.2 Å². The van der Waals surface area contributed by atoms with Gasteiger partial charge in [-0.15, -0.1) is 0 Å². The van der Waals surface area contributed by atoms with Gasteiger partial charge in [0.2, 0.25) is 5.91 Å². The summed E-state index contributed by atoms with van der Waals surface area (Å²) in [6.07, 6.45) is 1.81. The Kier molecular flexibility index (Phi) is 6.82. The molecule has 148 valence electrons. The fourth-order valence-electron chi connectivity index (χ4n) is 3.45.